The number of amides is 1. The maximum Gasteiger partial charge on any atom is 0.246 e. The molecule has 0 bridgehead atoms. The fraction of sp³-hybridized carbons (Fsp3) is 0.381. The quantitative estimate of drug-likeness (QED) is 0.764. The third-order valence-corrected chi connectivity index (χ3v) is 5.98. The van der Waals surface area contributed by atoms with Crippen molar-refractivity contribution in [2.45, 2.75) is 19.1 Å². The highest BCUT2D eigenvalue weighted by molar-refractivity contribution is 7.16. The minimum absolute atomic E-state index is 0.0716. The Hall–Kier alpha value is -1.95. The standard InChI is InChI=1S/C21H23NO3S/c23-20(22-12-4-7-17(15-22)21-24-13-14-25-21)11-9-18-8-10-19(26-18)16-5-2-1-3-6-16/h1-3,5-6,8-11,17,21H,4,7,12-15H2/b11-9+. The van der Waals surface area contributed by atoms with Gasteiger partial charge in [0.05, 0.1) is 13.2 Å². The van der Waals surface area contributed by atoms with Gasteiger partial charge in [-0.15, -0.1) is 11.3 Å². The summed E-state index contributed by atoms with van der Waals surface area (Å²) >= 11 is 1.70. The molecule has 1 aromatic heterocycles. The van der Waals surface area contributed by atoms with Crippen molar-refractivity contribution >= 4 is 23.3 Å². The Bertz CT molecular complexity index is 765. The van der Waals surface area contributed by atoms with Crippen LogP contribution in [0.4, 0.5) is 0 Å². The predicted molar refractivity (Wildman–Crippen MR) is 104 cm³/mol. The first-order valence-corrected chi connectivity index (χ1v) is 9.97. The molecule has 0 aliphatic carbocycles. The molecule has 2 aliphatic heterocycles. The Morgan fingerprint density at radius 3 is 2.73 bits per heavy atom. The Labute approximate surface area is 158 Å². The van der Waals surface area contributed by atoms with Gasteiger partial charge in [-0.05, 0) is 36.6 Å². The smallest absolute Gasteiger partial charge is 0.246 e. The van der Waals surface area contributed by atoms with Crippen LogP contribution in [-0.2, 0) is 14.3 Å². The van der Waals surface area contributed by atoms with Crippen molar-refractivity contribution in [3.63, 3.8) is 0 Å². The van der Waals surface area contributed by atoms with Crippen molar-refractivity contribution in [3.05, 3.63) is 53.4 Å². The normalized spacial score (nSPS) is 21.5. The second-order valence-corrected chi connectivity index (χ2v) is 7.81. The minimum Gasteiger partial charge on any atom is -0.350 e. The Morgan fingerprint density at radius 2 is 1.92 bits per heavy atom. The van der Waals surface area contributed by atoms with Crippen LogP contribution in [0.5, 0.6) is 0 Å². The van der Waals surface area contributed by atoms with Crippen LogP contribution in [0.2, 0.25) is 0 Å². The summed E-state index contributed by atoms with van der Waals surface area (Å²) in [5, 5.41) is 0. The van der Waals surface area contributed by atoms with Crippen molar-refractivity contribution in [1.29, 1.82) is 0 Å². The highest BCUT2D eigenvalue weighted by Gasteiger charge is 2.32. The number of piperidine rings is 1. The van der Waals surface area contributed by atoms with Gasteiger partial charge in [-0.3, -0.25) is 4.79 Å². The summed E-state index contributed by atoms with van der Waals surface area (Å²) in [6.07, 6.45) is 5.54. The van der Waals surface area contributed by atoms with Crippen LogP contribution < -0.4 is 0 Å². The first-order chi connectivity index (χ1) is 12.8. The van der Waals surface area contributed by atoms with Crippen LogP contribution in [0.1, 0.15) is 17.7 Å². The summed E-state index contributed by atoms with van der Waals surface area (Å²) in [6.45, 7) is 2.86. The number of hydrogen-bond acceptors (Lipinski definition) is 4. The molecule has 2 aliphatic rings. The average Bonchev–Trinajstić information content (AvgIpc) is 3.39. The molecule has 1 unspecified atom stereocenters. The van der Waals surface area contributed by atoms with Gasteiger partial charge in [0.25, 0.3) is 0 Å². The van der Waals surface area contributed by atoms with E-state index in [1.54, 1.807) is 17.4 Å². The fourth-order valence-electron chi connectivity index (χ4n) is 3.54. The van der Waals surface area contributed by atoms with Crippen molar-refractivity contribution in [2.75, 3.05) is 26.3 Å². The van der Waals surface area contributed by atoms with E-state index in [-0.39, 0.29) is 18.1 Å². The van der Waals surface area contributed by atoms with E-state index in [1.165, 1.54) is 10.4 Å². The van der Waals surface area contributed by atoms with E-state index in [4.69, 9.17) is 9.47 Å². The van der Waals surface area contributed by atoms with Crippen LogP contribution in [-0.4, -0.2) is 43.4 Å². The molecule has 136 valence electrons. The van der Waals surface area contributed by atoms with Gasteiger partial charge in [0, 0.05) is 34.8 Å². The third-order valence-electron chi connectivity index (χ3n) is 4.88. The molecule has 2 aromatic rings. The molecular weight excluding hydrogens is 346 g/mol. The molecule has 0 saturated carbocycles. The molecule has 0 radical (unpaired) electrons. The summed E-state index contributed by atoms with van der Waals surface area (Å²) in [6, 6.07) is 14.5. The summed E-state index contributed by atoms with van der Waals surface area (Å²) in [7, 11) is 0. The Kier molecular flexibility index (Phi) is 5.48. The number of thiophene rings is 1. The number of ether oxygens (including phenoxy) is 2. The number of hydrogen-bond donors (Lipinski definition) is 0. The van der Waals surface area contributed by atoms with Crippen molar-refractivity contribution in [3.8, 4) is 10.4 Å². The zero-order chi connectivity index (χ0) is 17.8. The summed E-state index contributed by atoms with van der Waals surface area (Å²) in [4.78, 5) is 16.8. The first kappa shape index (κ1) is 17.5. The molecule has 3 heterocycles. The second kappa shape index (κ2) is 8.16. The summed E-state index contributed by atoms with van der Waals surface area (Å²) in [5.41, 5.74) is 1.21. The molecule has 2 saturated heterocycles. The summed E-state index contributed by atoms with van der Waals surface area (Å²) < 4.78 is 11.2. The van der Waals surface area contributed by atoms with Crippen molar-refractivity contribution < 1.29 is 14.3 Å². The van der Waals surface area contributed by atoms with E-state index in [0.717, 1.165) is 24.3 Å². The molecule has 2 fully saturated rings. The van der Waals surface area contributed by atoms with Gasteiger partial charge in [-0.1, -0.05) is 30.3 Å². The molecule has 5 heteroatoms. The van der Waals surface area contributed by atoms with Gasteiger partial charge in [0.1, 0.15) is 0 Å². The van der Waals surface area contributed by atoms with Crippen molar-refractivity contribution in [1.82, 2.24) is 4.90 Å². The first-order valence-electron chi connectivity index (χ1n) is 9.15. The monoisotopic (exact) mass is 369 g/mol. The number of benzene rings is 1. The topological polar surface area (TPSA) is 38.8 Å². The number of rotatable bonds is 4. The van der Waals surface area contributed by atoms with Crippen LogP contribution in [0.25, 0.3) is 16.5 Å². The number of likely N-dealkylation sites (tertiary alicyclic amines) is 1. The lowest BCUT2D eigenvalue weighted by molar-refractivity contribution is -0.134. The number of nitrogens with zero attached hydrogens (tertiary/aromatic N) is 1. The molecule has 1 atom stereocenters. The third kappa shape index (κ3) is 4.06. The zero-order valence-electron chi connectivity index (χ0n) is 14.7. The maximum atomic E-state index is 12.6. The van der Waals surface area contributed by atoms with Gasteiger partial charge in [0.15, 0.2) is 6.29 Å². The lowest BCUT2D eigenvalue weighted by Crippen LogP contribution is -2.43. The van der Waals surface area contributed by atoms with Crippen molar-refractivity contribution in [2.24, 2.45) is 5.92 Å². The molecule has 1 aromatic carbocycles. The number of carbonyl (C=O) groups excluding carboxylic acids is 1. The second-order valence-electron chi connectivity index (χ2n) is 6.70. The van der Waals surface area contributed by atoms with Gasteiger partial charge in [0.2, 0.25) is 5.91 Å². The largest absolute Gasteiger partial charge is 0.350 e. The molecule has 0 spiro atoms. The minimum atomic E-state index is -0.139. The van der Waals surface area contributed by atoms with E-state index in [0.29, 0.717) is 19.8 Å². The van der Waals surface area contributed by atoms with Crippen LogP contribution in [0.3, 0.4) is 0 Å². The van der Waals surface area contributed by atoms with E-state index >= 15 is 0 Å². The van der Waals surface area contributed by atoms with Gasteiger partial charge in [-0.2, -0.15) is 0 Å². The van der Waals surface area contributed by atoms with E-state index < -0.39 is 0 Å². The van der Waals surface area contributed by atoms with Crippen LogP contribution in [0.15, 0.2) is 48.5 Å². The van der Waals surface area contributed by atoms with Gasteiger partial charge < -0.3 is 14.4 Å². The lowest BCUT2D eigenvalue weighted by Gasteiger charge is -2.34. The maximum absolute atomic E-state index is 12.6. The highest BCUT2D eigenvalue weighted by atomic mass is 32.1. The predicted octanol–water partition coefficient (Wildman–Crippen LogP) is 4.04. The SMILES string of the molecule is O=C(/C=C/c1ccc(-c2ccccc2)s1)N1CCCC(C2OCCO2)C1. The van der Waals surface area contributed by atoms with Crippen LogP contribution in [0, 0.1) is 5.92 Å². The molecule has 26 heavy (non-hydrogen) atoms. The number of carbonyl (C=O) groups is 1. The zero-order valence-corrected chi connectivity index (χ0v) is 15.5. The van der Waals surface area contributed by atoms with E-state index in [2.05, 4.69) is 24.3 Å². The fourth-order valence-corrected chi connectivity index (χ4v) is 4.46. The highest BCUT2D eigenvalue weighted by Crippen LogP contribution is 2.29. The molecule has 0 N–H and O–H groups in total. The summed E-state index contributed by atoms with van der Waals surface area (Å²) in [5.74, 6) is 0.359. The van der Waals surface area contributed by atoms with Gasteiger partial charge >= 0.3 is 0 Å². The Morgan fingerprint density at radius 1 is 1.12 bits per heavy atom. The molecular formula is C21H23NO3S. The molecule has 4 nitrogen and oxygen atoms in total. The average molecular weight is 369 g/mol. The van der Waals surface area contributed by atoms with Gasteiger partial charge in [-0.25, -0.2) is 0 Å². The molecule has 4 rings (SSSR count). The van der Waals surface area contributed by atoms with Crippen LogP contribution >= 0.6 is 11.3 Å². The van der Waals surface area contributed by atoms with E-state index in [9.17, 15) is 4.79 Å². The Balaban J connectivity index is 1.37. The molecule has 1 amide bonds. The lowest BCUT2D eigenvalue weighted by atomic mass is 9.97. The van der Waals surface area contributed by atoms with E-state index in [1.807, 2.05) is 29.2 Å².